The maximum absolute atomic E-state index is 12.9. The van der Waals surface area contributed by atoms with Gasteiger partial charge in [-0.1, -0.05) is 13.8 Å². The van der Waals surface area contributed by atoms with Crippen molar-refractivity contribution in [3.63, 3.8) is 0 Å². The van der Waals surface area contributed by atoms with Crippen LogP contribution in [0.1, 0.15) is 33.6 Å². The van der Waals surface area contributed by atoms with Gasteiger partial charge in [-0.3, -0.25) is 8.98 Å². The molecule has 9 nitrogen and oxygen atoms in total. The molecule has 0 aromatic carbocycles. The van der Waals surface area contributed by atoms with E-state index in [-0.39, 0.29) is 16.7 Å². The third-order valence-corrected chi connectivity index (χ3v) is 8.08. The van der Waals surface area contributed by atoms with Gasteiger partial charge in [-0.15, -0.1) is 0 Å². The molecule has 30 heavy (non-hydrogen) atoms. The summed E-state index contributed by atoms with van der Waals surface area (Å²) in [6.07, 6.45) is 5.44. The first kappa shape index (κ1) is 21.2. The van der Waals surface area contributed by atoms with Crippen LogP contribution in [0.15, 0.2) is 18.6 Å². The van der Waals surface area contributed by atoms with Gasteiger partial charge in [0.05, 0.1) is 18.5 Å². The van der Waals surface area contributed by atoms with Crippen LogP contribution in [0.5, 0.6) is 0 Å². The maximum atomic E-state index is 12.9. The Morgan fingerprint density at radius 2 is 2.03 bits per heavy atom. The molecule has 2 aliphatic rings. The lowest BCUT2D eigenvalue weighted by Crippen LogP contribution is -2.46. The minimum atomic E-state index is -1.66. The first-order valence-electron chi connectivity index (χ1n) is 10.2. The fourth-order valence-corrected chi connectivity index (χ4v) is 5.76. The number of rotatable bonds is 6. The molecule has 1 aliphatic heterocycles. The van der Waals surface area contributed by atoms with Crippen molar-refractivity contribution in [1.82, 2.24) is 24.6 Å². The van der Waals surface area contributed by atoms with E-state index in [0.717, 1.165) is 29.7 Å². The molecule has 2 unspecified atom stereocenters. The van der Waals surface area contributed by atoms with Crippen molar-refractivity contribution >= 4 is 34.0 Å². The summed E-state index contributed by atoms with van der Waals surface area (Å²) in [7, 11) is 3.44. The normalized spacial score (nSPS) is 30.4. The van der Waals surface area contributed by atoms with Crippen molar-refractivity contribution in [3.05, 3.63) is 18.6 Å². The number of amides is 1. The van der Waals surface area contributed by atoms with E-state index >= 15 is 0 Å². The highest BCUT2D eigenvalue weighted by Crippen LogP contribution is 2.58. The number of aromatic amines is 1. The number of hydrogen-bond donors (Lipinski definition) is 2. The predicted octanol–water partition coefficient (Wildman–Crippen LogP) is 1.61. The van der Waals surface area contributed by atoms with Crippen molar-refractivity contribution in [2.24, 2.45) is 10.8 Å². The van der Waals surface area contributed by atoms with E-state index in [4.69, 9.17) is 4.18 Å². The summed E-state index contributed by atoms with van der Waals surface area (Å²) < 4.78 is 19.0. The summed E-state index contributed by atoms with van der Waals surface area (Å²) in [5.41, 5.74) is 0.854. The molecule has 3 heterocycles. The van der Waals surface area contributed by atoms with E-state index in [1.165, 1.54) is 7.11 Å². The van der Waals surface area contributed by atoms with Crippen molar-refractivity contribution in [2.75, 3.05) is 32.1 Å². The van der Waals surface area contributed by atoms with Crippen molar-refractivity contribution < 1.29 is 13.2 Å². The molecule has 2 fully saturated rings. The van der Waals surface area contributed by atoms with Gasteiger partial charge in [-0.25, -0.2) is 18.9 Å². The van der Waals surface area contributed by atoms with Crippen LogP contribution in [0, 0.1) is 10.8 Å². The Hall–Kier alpha value is -2.04. The van der Waals surface area contributed by atoms with Gasteiger partial charge in [0.25, 0.3) is 0 Å². The number of nitrogens with zero attached hydrogens (tertiary/aromatic N) is 4. The van der Waals surface area contributed by atoms with E-state index in [2.05, 4.69) is 45.5 Å². The van der Waals surface area contributed by atoms with E-state index in [9.17, 15) is 9.00 Å². The third kappa shape index (κ3) is 3.40. The van der Waals surface area contributed by atoms with Crippen LogP contribution < -0.4 is 9.62 Å². The zero-order chi connectivity index (χ0) is 21.7. The summed E-state index contributed by atoms with van der Waals surface area (Å²) in [5, 5.41) is 1.02. The largest absolute Gasteiger partial charge is 0.356 e. The van der Waals surface area contributed by atoms with Gasteiger partial charge in [0.2, 0.25) is 17.2 Å². The minimum absolute atomic E-state index is 0.00596. The first-order valence-corrected chi connectivity index (χ1v) is 11.3. The lowest BCUT2D eigenvalue weighted by molar-refractivity contribution is -0.132. The summed E-state index contributed by atoms with van der Waals surface area (Å²) in [5.74, 6) is 0.901. The van der Waals surface area contributed by atoms with Crippen LogP contribution in [-0.2, 0) is 20.2 Å². The topological polar surface area (TPSA) is 103 Å². The van der Waals surface area contributed by atoms with Crippen LogP contribution >= 0.6 is 0 Å². The van der Waals surface area contributed by atoms with Gasteiger partial charge in [0, 0.05) is 32.4 Å². The summed E-state index contributed by atoms with van der Waals surface area (Å²) >= 11 is -1.66. The third-order valence-electron chi connectivity index (χ3n) is 7.23. The van der Waals surface area contributed by atoms with Gasteiger partial charge >= 0.3 is 0 Å². The molecular formula is C20H30N6O3S. The molecule has 164 valence electrons. The van der Waals surface area contributed by atoms with Crippen LogP contribution in [0.4, 0.5) is 5.82 Å². The highest BCUT2D eigenvalue weighted by atomic mass is 32.2. The Bertz CT molecular complexity index is 962. The number of anilines is 1. The molecule has 2 aromatic heterocycles. The molecule has 10 heteroatoms. The van der Waals surface area contributed by atoms with E-state index < -0.39 is 17.3 Å². The number of H-pyrrole nitrogens is 1. The monoisotopic (exact) mass is 434 g/mol. The van der Waals surface area contributed by atoms with Gasteiger partial charge in [-0.2, -0.15) is 0 Å². The second-order valence-electron chi connectivity index (χ2n) is 9.17. The Morgan fingerprint density at radius 3 is 2.67 bits per heavy atom. The highest BCUT2D eigenvalue weighted by molar-refractivity contribution is 7.78. The molecule has 1 saturated carbocycles. The molecule has 0 spiro atoms. The molecular weight excluding hydrogens is 404 g/mol. The molecule has 1 amide bonds. The minimum Gasteiger partial charge on any atom is -0.356 e. The van der Waals surface area contributed by atoms with Gasteiger partial charge in [0.1, 0.15) is 17.8 Å². The van der Waals surface area contributed by atoms with Crippen LogP contribution in [0.2, 0.25) is 0 Å². The lowest BCUT2D eigenvalue weighted by atomic mass is 9.71. The molecule has 0 radical (unpaired) electrons. The van der Waals surface area contributed by atoms with E-state index in [1.807, 2.05) is 17.2 Å². The van der Waals surface area contributed by atoms with Crippen LogP contribution in [-0.4, -0.2) is 69.3 Å². The van der Waals surface area contributed by atoms with Crippen LogP contribution in [0.25, 0.3) is 11.0 Å². The summed E-state index contributed by atoms with van der Waals surface area (Å²) in [6.45, 7) is 7.69. The number of carbonyl (C=O) groups excluding carboxylic acids is 1. The molecule has 2 N–H and O–H groups in total. The quantitative estimate of drug-likeness (QED) is 0.716. The fourth-order valence-electron chi connectivity index (χ4n) is 5.27. The van der Waals surface area contributed by atoms with Gasteiger partial charge in [0.15, 0.2) is 0 Å². The second kappa shape index (κ2) is 7.58. The number of fused-ring (bicyclic) bond motifs is 2. The molecule has 4 rings (SSSR count). The molecule has 0 bridgehead atoms. The predicted molar refractivity (Wildman–Crippen MR) is 116 cm³/mol. The number of aromatic nitrogens is 3. The van der Waals surface area contributed by atoms with Crippen molar-refractivity contribution in [1.29, 1.82) is 0 Å². The average molecular weight is 435 g/mol. The summed E-state index contributed by atoms with van der Waals surface area (Å²) in [6, 6.07) is 1.79. The smallest absolute Gasteiger partial charge is 0.240 e. The van der Waals surface area contributed by atoms with E-state index in [1.54, 1.807) is 13.3 Å². The Kier molecular flexibility index (Phi) is 5.36. The highest BCUT2D eigenvalue weighted by Gasteiger charge is 2.59. The number of hydrogen-bond acceptors (Lipinski definition) is 6. The number of nitrogens with one attached hydrogen (secondary N) is 2. The van der Waals surface area contributed by atoms with E-state index in [0.29, 0.717) is 19.1 Å². The van der Waals surface area contributed by atoms with Crippen molar-refractivity contribution in [3.8, 4) is 0 Å². The molecule has 5 atom stereocenters. The standard InChI is InChI=1S/C20H30N6O3S/c1-13(24-30(28)29-5)18(27)26-10-19(2)8-14(9-20(19,3)11-26)25(4)17-15-6-7-21-16(15)22-12-23-17/h6-7,12-14,24H,8-11H2,1-5H3,(H,21,22,23)/t13-,14?,19-,20+,30?/m1/s1. The zero-order valence-electron chi connectivity index (χ0n) is 18.1. The zero-order valence-corrected chi connectivity index (χ0v) is 19.0. The van der Waals surface area contributed by atoms with Crippen LogP contribution in [0.3, 0.4) is 0 Å². The molecule has 2 aromatic rings. The number of carbonyl (C=O) groups is 1. The first-order chi connectivity index (χ1) is 14.2. The summed E-state index contributed by atoms with van der Waals surface area (Å²) in [4.78, 5) is 29.1. The Morgan fingerprint density at radius 1 is 1.37 bits per heavy atom. The maximum Gasteiger partial charge on any atom is 0.240 e. The SMILES string of the molecule is COS(=O)N[C@H](C)C(=O)N1C[C@]2(C)CC(N(C)c3ncnc4[nH]ccc34)C[C@]2(C)C1. The van der Waals surface area contributed by atoms with Gasteiger partial charge in [-0.05, 0) is 36.7 Å². The van der Waals surface area contributed by atoms with Gasteiger partial charge < -0.3 is 14.8 Å². The lowest BCUT2D eigenvalue weighted by Gasteiger charge is -2.31. The average Bonchev–Trinajstić information content (AvgIpc) is 3.35. The van der Waals surface area contributed by atoms with Crippen molar-refractivity contribution in [2.45, 2.75) is 45.7 Å². The molecule has 1 saturated heterocycles. The molecule has 1 aliphatic carbocycles. The number of likely N-dealkylation sites (tertiary alicyclic amines) is 1. The Labute approximate surface area is 179 Å². The fraction of sp³-hybridized carbons (Fsp3) is 0.650. The second-order valence-corrected chi connectivity index (χ2v) is 10.2. The Balaban J connectivity index is 1.49.